The Bertz CT molecular complexity index is 728. The van der Waals surface area contributed by atoms with Crippen LogP contribution in [0, 0.1) is 0 Å². The summed E-state index contributed by atoms with van der Waals surface area (Å²) in [5, 5.41) is 4.69. The van der Waals surface area contributed by atoms with E-state index in [4.69, 9.17) is 11.6 Å². The predicted molar refractivity (Wildman–Crippen MR) is 95.7 cm³/mol. The van der Waals surface area contributed by atoms with Crippen molar-refractivity contribution in [1.82, 2.24) is 14.7 Å². The molecule has 1 aromatic carbocycles. The van der Waals surface area contributed by atoms with Gasteiger partial charge in [0.1, 0.15) is 11.9 Å². The molecule has 1 amide bonds. The molecule has 1 atom stereocenters. The Labute approximate surface area is 150 Å². The van der Waals surface area contributed by atoms with Crippen molar-refractivity contribution in [3.63, 3.8) is 0 Å². The van der Waals surface area contributed by atoms with Crippen molar-refractivity contribution in [2.24, 2.45) is 0 Å². The number of nitrogens with zero attached hydrogens (tertiary/aromatic N) is 3. The molecule has 0 radical (unpaired) electrons. The first-order valence-electron chi connectivity index (χ1n) is 8.33. The quantitative estimate of drug-likeness (QED) is 0.888. The molecule has 2 fully saturated rings. The van der Waals surface area contributed by atoms with Crippen molar-refractivity contribution in [3.05, 3.63) is 40.7 Å². The van der Waals surface area contributed by atoms with E-state index in [0.717, 1.165) is 53.8 Å². The van der Waals surface area contributed by atoms with Crippen LogP contribution < -0.4 is 10.2 Å². The molecule has 7 heteroatoms. The molecule has 1 aromatic heterocycles. The number of carbonyl (C=O) groups is 1. The molecule has 0 spiro atoms. The van der Waals surface area contributed by atoms with E-state index in [1.807, 2.05) is 24.3 Å². The first kappa shape index (κ1) is 15.8. The highest BCUT2D eigenvalue weighted by Crippen LogP contribution is 2.29. The van der Waals surface area contributed by atoms with E-state index in [0.29, 0.717) is 12.5 Å². The standard InChI is InChI=1S/C17H19ClN4OS/c18-12-5-3-11(4-6-12)10-15-20-17(24-21-15)22-9-1-2-14(22)16(23)19-13-7-8-13/h3-6,13-14H,1-2,7-10H2,(H,19,23). The number of rotatable bonds is 5. The lowest BCUT2D eigenvalue weighted by Crippen LogP contribution is -2.44. The van der Waals surface area contributed by atoms with Gasteiger partial charge in [0.15, 0.2) is 0 Å². The third kappa shape index (κ3) is 3.54. The molecular weight excluding hydrogens is 344 g/mol. The Balaban J connectivity index is 1.44. The van der Waals surface area contributed by atoms with Gasteiger partial charge in [0.25, 0.3) is 0 Å². The summed E-state index contributed by atoms with van der Waals surface area (Å²) in [6.07, 6.45) is 4.82. The first-order valence-corrected chi connectivity index (χ1v) is 9.48. The van der Waals surface area contributed by atoms with Gasteiger partial charge in [0, 0.05) is 35.6 Å². The van der Waals surface area contributed by atoms with Crippen molar-refractivity contribution in [2.45, 2.75) is 44.2 Å². The molecule has 2 aliphatic rings. The van der Waals surface area contributed by atoms with E-state index in [1.165, 1.54) is 11.5 Å². The lowest BCUT2D eigenvalue weighted by molar-refractivity contribution is -0.122. The number of hydrogen-bond acceptors (Lipinski definition) is 5. The molecule has 1 unspecified atom stereocenters. The van der Waals surface area contributed by atoms with Crippen LogP contribution in [-0.2, 0) is 11.2 Å². The predicted octanol–water partition coefficient (Wildman–Crippen LogP) is 3.03. The Hall–Kier alpha value is -1.66. The lowest BCUT2D eigenvalue weighted by Gasteiger charge is -2.22. The van der Waals surface area contributed by atoms with Crippen molar-refractivity contribution in [3.8, 4) is 0 Å². The maximum atomic E-state index is 12.4. The molecule has 24 heavy (non-hydrogen) atoms. The second kappa shape index (κ2) is 6.69. The number of halogens is 1. The molecule has 0 bridgehead atoms. The molecule has 4 rings (SSSR count). The van der Waals surface area contributed by atoms with Crippen LogP contribution in [-0.4, -0.2) is 33.9 Å². The zero-order chi connectivity index (χ0) is 16.5. The summed E-state index contributed by atoms with van der Waals surface area (Å²) >= 11 is 7.30. The third-order valence-electron chi connectivity index (χ3n) is 4.46. The number of carbonyl (C=O) groups excluding carboxylic acids is 1. The second-order valence-electron chi connectivity index (χ2n) is 6.43. The van der Waals surface area contributed by atoms with Crippen LogP contribution in [0.25, 0.3) is 0 Å². The summed E-state index contributed by atoms with van der Waals surface area (Å²) in [5.74, 6) is 0.940. The molecule has 2 aromatic rings. The van der Waals surface area contributed by atoms with Crippen LogP contribution in [0.5, 0.6) is 0 Å². The molecule has 2 heterocycles. The largest absolute Gasteiger partial charge is 0.352 e. The molecule has 1 saturated heterocycles. The van der Waals surface area contributed by atoms with Crippen LogP contribution in [0.4, 0.5) is 5.13 Å². The van der Waals surface area contributed by atoms with Crippen LogP contribution in [0.1, 0.15) is 37.1 Å². The molecule has 1 N–H and O–H groups in total. The van der Waals surface area contributed by atoms with Crippen molar-refractivity contribution >= 4 is 34.2 Å². The van der Waals surface area contributed by atoms with Gasteiger partial charge in [-0.15, -0.1) is 0 Å². The first-order chi connectivity index (χ1) is 11.7. The van der Waals surface area contributed by atoms with Crippen molar-refractivity contribution in [1.29, 1.82) is 0 Å². The maximum absolute atomic E-state index is 12.4. The number of aromatic nitrogens is 2. The van der Waals surface area contributed by atoms with Crippen LogP contribution in [0.2, 0.25) is 5.02 Å². The van der Waals surface area contributed by atoms with Gasteiger partial charge in [-0.25, -0.2) is 4.98 Å². The number of benzene rings is 1. The number of anilines is 1. The fourth-order valence-corrected chi connectivity index (χ4v) is 3.90. The molecule has 1 saturated carbocycles. The summed E-state index contributed by atoms with van der Waals surface area (Å²) in [4.78, 5) is 19.2. The summed E-state index contributed by atoms with van der Waals surface area (Å²) in [7, 11) is 0. The van der Waals surface area contributed by atoms with E-state index < -0.39 is 0 Å². The van der Waals surface area contributed by atoms with Crippen molar-refractivity contribution < 1.29 is 4.79 Å². The Kier molecular flexibility index (Phi) is 4.41. The fourth-order valence-electron chi connectivity index (χ4n) is 3.01. The lowest BCUT2D eigenvalue weighted by atomic mass is 10.1. The van der Waals surface area contributed by atoms with Gasteiger partial charge in [0.05, 0.1) is 0 Å². The van der Waals surface area contributed by atoms with Crippen LogP contribution in [0.15, 0.2) is 24.3 Å². The van der Waals surface area contributed by atoms with E-state index in [1.54, 1.807) is 0 Å². The highest BCUT2D eigenvalue weighted by Gasteiger charge is 2.35. The summed E-state index contributed by atoms with van der Waals surface area (Å²) < 4.78 is 4.47. The number of hydrogen-bond donors (Lipinski definition) is 1. The van der Waals surface area contributed by atoms with E-state index in [2.05, 4.69) is 19.6 Å². The van der Waals surface area contributed by atoms with Gasteiger partial charge in [-0.3, -0.25) is 4.79 Å². The smallest absolute Gasteiger partial charge is 0.243 e. The zero-order valence-corrected chi connectivity index (χ0v) is 14.8. The molecule has 1 aliphatic carbocycles. The van der Waals surface area contributed by atoms with Crippen LogP contribution in [0.3, 0.4) is 0 Å². The zero-order valence-electron chi connectivity index (χ0n) is 13.2. The number of nitrogens with one attached hydrogen (secondary N) is 1. The monoisotopic (exact) mass is 362 g/mol. The average Bonchev–Trinajstić information content (AvgIpc) is 3.08. The van der Waals surface area contributed by atoms with E-state index in [9.17, 15) is 4.79 Å². The average molecular weight is 363 g/mol. The molecule has 126 valence electrons. The Morgan fingerprint density at radius 2 is 2.08 bits per heavy atom. The highest BCUT2D eigenvalue weighted by atomic mass is 35.5. The van der Waals surface area contributed by atoms with Crippen molar-refractivity contribution in [2.75, 3.05) is 11.4 Å². The minimum Gasteiger partial charge on any atom is -0.352 e. The topological polar surface area (TPSA) is 58.1 Å². The molecular formula is C17H19ClN4OS. The van der Waals surface area contributed by atoms with Gasteiger partial charge in [-0.1, -0.05) is 23.7 Å². The molecule has 1 aliphatic heterocycles. The summed E-state index contributed by atoms with van der Waals surface area (Å²) in [6, 6.07) is 8.04. The highest BCUT2D eigenvalue weighted by molar-refractivity contribution is 7.09. The Morgan fingerprint density at radius 3 is 2.83 bits per heavy atom. The third-order valence-corrected chi connectivity index (χ3v) is 5.50. The minimum atomic E-state index is -0.0954. The Morgan fingerprint density at radius 1 is 1.29 bits per heavy atom. The minimum absolute atomic E-state index is 0.0954. The van der Waals surface area contributed by atoms with E-state index in [-0.39, 0.29) is 11.9 Å². The summed E-state index contributed by atoms with van der Waals surface area (Å²) in [5.41, 5.74) is 1.13. The normalized spacial score (nSPS) is 20.4. The van der Waals surface area contributed by atoms with Gasteiger partial charge in [-0.05, 0) is 43.4 Å². The fraction of sp³-hybridized carbons (Fsp3) is 0.471. The molecule has 5 nitrogen and oxygen atoms in total. The SMILES string of the molecule is O=C(NC1CC1)C1CCCN1c1nc(Cc2ccc(Cl)cc2)ns1. The summed E-state index contributed by atoms with van der Waals surface area (Å²) in [6.45, 7) is 0.873. The van der Waals surface area contributed by atoms with Gasteiger partial charge >= 0.3 is 0 Å². The maximum Gasteiger partial charge on any atom is 0.243 e. The second-order valence-corrected chi connectivity index (χ2v) is 7.60. The van der Waals surface area contributed by atoms with Gasteiger partial charge in [0.2, 0.25) is 11.0 Å². The number of amides is 1. The van der Waals surface area contributed by atoms with E-state index >= 15 is 0 Å². The van der Waals surface area contributed by atoms with Crippen LogP contribution >= 0.6 is 23.1 Å². The van der Waals surface area contributed by atoms with Gasteiger partial charge < -0.3 is 10.2 Å². The van der Waals surface area contributed by atoms with Gasteiger partial charge in [-0.2, -0.15) is 4.37 Å².